The second-order valence-corrected chi connectivity index (χ2v) is 7.10. The Morgan fingerprint density at radius 3 is 1.72 bits per heavy atom. The molecule has 0 fully saturated rings. The minimum atomic E-state index is -0.0746. The van der Waals surface area contributed by atoms with Gasteiger partial charge in [0.15, 0.2) is 0 Å². The average molecular weight is 333 g/mol. The standard InChI is InChI=1S/C22H25N2O/c1-13-8-15(3)20(16(4)9-13)23-12-24(22(25)19(23)7)21-17(5)10-14(2)11-18(21)6/h8-12H,7H2,1-6H3/q+1. The van der Waals surface area contributed by atoms with Crippen molar-refractivity contribution >= 4 is 23.6 Å². The summed E-state index contributed by atoms with van der Waals surface area (Å²) < 4.78 is 1.92. The highest BCUT2D eigenvalue weighted by Gasteiger charge is 2.39. The fourth-order valence-corrected chi connectivity index (χ4v) is 3.94. The third-order valence-corrected chi connectivity index (χ3v) is 4.74. The van der Waals surface area contributed by atoms with Crippen LogP contribution in [0.1, 0.15) is 33.4 Å². The van der Waals surface area contributed by atoms with Gasteiger partial charge in [-0.3, -0.25) is 0 Å². The number of nitrogens with zero attached hydrogens (tertiary/aromatic N) is 2. The molecule has 128 valence electrons. The maximum atomic E-state index is 12.9. The van der Waals surface area contributed by atoms with E-state index in [0.29, 0.717) is 5.70 Å². The first-order valence-electron chi connectivity index (χ1n) is 8.53. The lowest BCUT2D eigenvalue weighted by Gasteiger charge is -2.12. The lowest BCUT2D eigenvalue weighted by Crippen LogP contribution is -2.26. The van der Waals surface area contributed by atoms with Crippen molar-refractivity contribution < 1.29 is 9.37 Å². The molecule has 0 saturated carbocycles. The van der Waals surface area contributed by atoms with Gasteiger partial charge in [0.1, 0.15) is 11.4 Å². The lowest BCUT2D eigenvalue weighted by atomic mass is 10.0. The zero-order valence-electron chi connectivity index (χ0n) is 15.9. The highest BCUT2D eigenvalue weighted by molar-refractivity contribution is 6.18. The summed E-state index contributed by atoms with van der Waals surface area (Å²) in [5.74, 6) is -0.0746. The number of hydrogen-bond donors (Lipinski definition) is 0. The zero-order chi connectivity index (χ0) is 18.5. The van der Waals surface area contributed by atoms with Crippen molar-refractivity contribution in [3.63, 3.8) is 0 Å². The van der Waals surface area contributed by atoms with E-state index in [1.165, 1.54) is 11.1 Å². The Hall–Kier alpha value is -2.68. The minimum Gasteiger partial charge on any atom is -0.236 e. The summed E-state index contributed by atoms with van der Waals surface area (Å²) in [5.41, 5.74) is 9.35. The second-order valence-electron chi connectivity index (χ2n) is 7.10. The molecule has 2 aromatic rings. The third-order valence-electron chi connectivity index (χ3n) is 4.74. The number of carbonyl (C=O) groups excluding carboxylic acids is 1. The molecule has 1 aliphatic rings. The number of anilines is 1. The van der Waals surface area contributed by atoms with Gasteiger partial charge >= 0.3 is 5.91 Å². The van der Waals surface area contributed by atoms with E-state index in [1.54, 1.807) is 4.90 Å². The van der Waals surface area contributed by atoms with Crippen LogP contribution in [0.3, 0.4) is 0 Å². The van der Waals surface area contributed by atoms with Crippen molar-refractivity contribution in [1.82, 2.24) is 0 Å². The van der Waals surface area contributed by atoms with E-state index in [2.05, 4.69) is 58.5 Å². The normalized spacial score (nSPS) is 14.3. The highest BCUT2D eigenvalue weighted by Crippen LogP contribution is 2.33. The van der Waals surface area contributed by atoms with Crippen LogP contribution in [0.15, 0.2) is 36.5 Å². The summed E-state index contributed by atoms with van der Waals surface area (Å²) >= 11 is 0. The van der Waals surface area contributed by atoms with Crippen LogP contribution in [0.5, 0.6) is 0 Å². The SMILES string of the molecule is C=C1C(=O)N(c2c(C)cc(C)cc2C)C=[N+]1c1c(C)cc(C)cc1C. The van der Waals surface area contributed by atoms with Crippen LogP contribution >= 0.6 is 0 Å². The van der Waals surface area contributed by atoms with Crippen LogP contribution in [0.4, 0.5) is 11.4 Å². The van der Waals surface area contributed by atoms with Crippen LogP contribution in [0.25, 0.3) is 0 Å². The van der Waals surface area contributed by atoms with Gasteiger partial charge in [-0.1, -0.05) is 35.4 Å². The molecule has 1 heterocycles. The third kappa shape index (κ3) is 2.80. The van der Waals surface area contributed by atoms with Crippen LogP contribution in [-0.2, 0) is 4.79 Å². The molecule has 0 bridgehead atoms. The van der Waals surface area contributed by atoms with E-state index < -0.39 is 0 Å². The van der Waals surface area contributed by atoms with Crippen LogP contribution in [0.2, 0.25) is 0 Å². The van der Waals surface area contributed by atoms with Gasteiger partial charge in [0.05, 0.1) is 0 Å². The molecular formula is C22H25N2O+. The van der Waals surface area contributed by atoms with Crippen molar-refractivity contribution in [3.05, 3.63) is 69.9 Å². The fourth-order valence-electron chi connectivity index (χ4n) is 3.94. The van der Waals surface area contributed by atoms with E-state index in [9.17, 15) is 4.79 Å². The van der Waals surface area contributed by atoms with Gasteiger partial charge in [-0.2, -0.15) is 9.48 Å². The number of rotatable bonds is 2. The predicted octanol–water partition coefficient (Wildman–Crippen LogP) is 4.77. The van der Waals surface area contributed by atoms with Crippen LogP contribution in [0, 0.1) is 41.5 Å². The molecule has 0 unspecified atom stereocenters. The molecular weight excluding hydrogens is 308 g/mol. The van der Waals surface area contributed by atoms with E-state index >= 15 is 0 Å². The van der Waals surface area contributed by atoms with Gasteiger partial charge in [-0.05, 0) is 70.4 Å². The maximum Gasteiger partial charge on any atom is 0.385 e. The molecule has 0 spiro atoms. The largest absolute Gasteiger partial charge is 0.385 e. The Labute approximate surface area is 149 Å². The van der Waals surface area contributed by atoms with Crippen molar-refractivity contribution in [2.75, 3.05) is 4.90 Å². The predicted molar refractivity (Wildman–Crippen MR) is 104 cm³/mol. The molecule has 0 aromatic heterocycles. The van der Waals surface area contributed by atoms with Crippen molar-refractivity contribution in [2.45, 2.75) is 41.5 Å². The first-order chi connectivity index (χ1) is 11.7. The van der Waals surface area contributed by atoms with Gasteiger partial charge in [-0.15, -0.1) is 0 Å². The zero-order valence-corrected chi connectivity index (χ0v) is 15.9. The van der Waals surface area contributed by atoms with Gasteiger partial charge in [0.25, 0.3) is 6.34 Å². The molecule has 3 rings (SSSR count). The maximum absolute atomic E-state index is 12.9. The van der Waals surface area contributed by atoms with Crippen molar-refractivity contribution in [2.24, 2.45) is 0 Å². The number of carbonyl (C=O) groups is 1. The Morgan fingerprint density at radius 1 is 0.800 bits per heavy atom. The van der Waals surface area contributed by atoms with Gasteiger partial charge in [0.2, 0.25) is 5.70 Å². The van der Waals surface area contributed by atoms with E-state index in [4.69, 9.17) is 0 Å². The van der Waals surface area contributed by atoms with E-state index in [-0.39, 0.29) is 5.91 Å². The topological polar surface area (TPSA) is 23.3 Å². The van der Waals surface area contributed by atoms with E-state index in [1.807, 2.05) is 24.8 Å². The molecule has 0 saturated heterocycles. The number of hydrogen-bond acceptors (Lipinski definition) is 1. The van der Waals surface area contributed by atoms with Gasteiger partial charge in [-0.25, -0.2) is 4.79 Å². The molecule has 3 nitrogen and oxygen atoms in total. The monoisotopic (exact) mass is 333 g/mol. The van der Waals surface area contributed by atoms with Crippen LogP contribution in [-0.4, -0.2) is 16.8 Å². The Bertz CT molecular complexity index is 904. The van der Waals surface area contributed by atoms with E-state index in [0.717, 1.165) is 33.6 Å². The van der Waals surface area contributed by atoms with Crippen LogP contribution < -0.4 is 4.90 Å². The summed E-state index contributed by atoms with van der Waals surface area (Å²) in [4.78, 5) is 14.6. The highest BCUT2D eigenvalue weighted by atomic mass is 16.2. The van der Waals surface area contributed by atoms with Gasteiger partial charge in [0, 0.05) is 0 Å². The molecule has 0 aliphatic carbocycles. The summed E-state index contributed by atoms with van der Waals surface area (Å²) in [6, 6.07) is 8.49. The molecule has 2 aromatic carbocycles. The fraction of sp³-hybridized carbons (Fsp3) is 0.273. The molecule has 0 atom stereocenters. The second kappa shape index (κ2) is 5.99. The molecule has 3 heteroatoms. The van der Waals surface area contributed by atoms with Crippen molar-refractivity contribution in [3.8, 4) is 0 Å². The smallest absolute Gasteiger partial charge is 0.236 e. The number of benzene rings is 2. The first-order valence-corrected chi connectivity index (χ1v) is 8.53. The molecule has 0 radical (unpaired) electrons. The number of amides is 1. The quantitative estimate of drug-likeness (QED) is 0.573. The molecule has 25 heavy (non-hydrogen) atoms. The summed E-state index contributed by atoms with van der Waals surface area (Å²) in [5, 5.41) is 0. The molecule has 0 N–H and O–H groups in total. The lowest BCUT2D eigenvalue weighted by molar-refractivity contribution is -0.367. The summed E-state index contributed by atoms with van der Waals surface area (Å²) in [6.45, 7) is 16.5. The summed E-state index contributed by atoms with van der Waals surface area (Å²) in [7, 11) is 0. The Kier molecular flexibility index (Phi) is 4.11. The van der Waals surface area contributed by atoms with Gasteiger partial charge < -0.3 is 0 Å². The first kappa shape index (κ1) is 17.2. The summed E-state index contributed by atoms with van der Waals surface area (Å²) in [6.07, 6.45) is 1.88. The minimum absolute atomic E-state index is 0.0746. The van der Waals surface area contributed by atoms with Crippen molar-refractivity contribution in [1.29, 1.82) is 0 Å². The molecule has 1 aliphatic heterocycles. The Balaban J connectivity index is 2.18. The average Bonchev–Trinajstić information content (AvgIpc) is 2.74. The number of aryl methyl sites for hydroxylation is 6. The molecule has 1 amide bonds. The Morgan fingerprint density at radius 2 is 1.24 bits per heavy atom.